The Labute approximate surface area is 182 Å². The minimum absolute atomic E-state index is 0.0353. The van der Waals surface area contributed by atoms with E-state index in [2.05, 4.69) is 9.97 Å². The molecule has 2 heterocycles. The van der Waals surface area contributed by atoms with E-state index in [1.807, 2.05) is 6.92 Å². The maximum Gasteiger partial charge on any atom is 0.262 e. The summed E-state index contributed by atoms with van der Waals surface area (Å²) in [6.07, 6.45) is 0.650. The van der Waals surface area contributed by atoms with Crippen molar-refractivity contribution >= 4 is 40.2 Å². The molecule has 0 spiro atoms. The van der Waals surface area contributed by atoms with Crippen LogP contribution in [0.5, 0.6) is 0 Å². The predicted octanol–water partition coefficient (Wildman–Crippen LogP) is 2.61. The van der Waals surface area contributed by atoms with Crippen LogP contribution < -0.4 is 5.56 Å². The zero-order valence-electron chi connectivity index (χ0n) is 16.7. The first-order valence-electron chi connectivity index (χ1n) is 9.80. The fourth-order valence-electron chi connectivity index (χ4n) is 3.60. The molecular weight excluding hydrogens is 420 g/mol. The van der Waals surface area contributed by atoms with Gasteiger partial charge in [-0.1, -0.05) is 30.7 Å². The van der Waals surface area contributed by atoms with Gasteiger partial charge in [-0.05, 0) is 36.8 Å². The largest absolute Gasteiger partial charge is 0.334 e. The number of hydrogen-bond donors (Lipinski definition) is 1. The van der Waals surface area contributed by atoms with Crippen LogP contribution in [0.4, 0.5) is 0 Å². The second-order valence-electron chi connectivity index (χ2n) is 7.23. The minimum Gasteiger partial charge on any atom is -0.334 e. The van der Waals surface area contributed by atoms with Crippen LogP contribution in [0.25, 0.3) is 10.9 Å². The molecular formula is C22H19ClN4O4. The Kier molecular flexibility index (Phi) is 5.56. The number of rotatable bonds is 6. The van der Waals surface area contributed by atoms with E-state index in [1.165, 1.54) is 4.90 Å². The fourth-order valence-corrected chi connectivity index (χ4v) is 3.76. The summed E-state index contributed by atoms with van der Waals surface area (Å²) in [5.41, 5.74) is 0.677. The van der Waals surface area contributed by atoms with Gasteiger partial charge in [0.25, 0.3) is 17.4 Å². The number of halogens is 1. The molecule has 3 aromatic rings. The number of nitrogens with zero attached hydrogens (tertiary/aromatic N) is 3. The maximum atomic E-state index is 13.0. The normalized spacial score (nSPS) is 13.0. The number of H-pyrrole nitrogens is 1. The average Bonchev–Trinajstić information content (AvgIpc) is 2.98. The van der Waals surface area contributed by atoms with Gasteiger partial charge in [-0.2, -0.15) is 0 Å². The SMILES string of the molecule is CCCN(Cc1nc2cc(Cl)ccc2c(=O)[nH]1)C(=O)CN1C(=O)c2ccccc2C1=O. The third kappa shape index (κ3) is 3.94. The van der Waals surface area contributed by atoms with Crippen molar-refractivity contribution in [2.45, 2.75) is 19.9 Å². The van der Waals surface area contributed by atoms with Gasteiger partial charge in [0.15, 0.2) is 0 Å². The van der Waals surface area contributed by atoms with Crippen LogP contribution in [0.1, 0.15) is 39.9 Å². The summed E-state index contributed by atoms with van der Waals surface area (Å²) in [4.78, 5) is 60.0. The van der Waals surface area contributed by atoms with Gasteiger partial charge in [-0.15, -0.1) is 0 Å². The molecule has 8 nitrogen and oxygen atoms in total. The number of benzene rings is 2. The Balaban J connectivity index is 1.56. The highest BCUT2D eigenvalue weighted by atomic mass is 35.5. The van der Waals surface area contributed by atoms with Gasteiger partial charge in [0, 0.05) is 11.6 Å². The Bertz CT molecular complexity index is 1230. The van der Waals surface area contributed by atoms with Crippen LogP contribution in [0.3, 0.4) is 0 Å². The average molecular weight is 439 g/mol. The lowest BCUT2D eigenvalue weighted by Gasteiger charge is -2.24. The predicted molar refractivity (Wildman–Crippen MR) is 115 cm³/mol. The molecule has 0 bridgehead atoms. The van der Waals surface area contributed by atoms with E-state index in [1.54, 1.807) is 42.5 Å². The molecule has 3 amide bonds. The number of fused-ring (bicyclic) bond motifs is 2. The molecule has 9 heteroatoms. The highest BCUT2D eigenvalue weighted by Gasteiger charge is 2.37. The van der Waals surface area contributed by atoms with Crippen molar-refractivity contribution in [2.75, 3.05) is 13.1 Å². The quantitative estimate of drug-likeness (QED) is 0.596. The molecule has 1 aliphatic rings. The number of carbonyl (C=O) groups excluding carboxylic acids is 3. The standard InChI is InChI=1S/C22H19ClN4O4/c1-2-9-26(11-18-24-17-10-13(23)7-8-16(17)20(29)25-18)19(28)12-27-21(30)14-5-3-4-6-15(14)22(27)31/h3-8,10H,2,9,11-12H2,1H3,(H,24,25,29). The summed E-state index contributed by atoms with van der Waals surface area (Å²) in [6, 6.07) is 11.3. The van der Waals surface area contributed by atoms with Gasteiger partial charge in [0.05, 0.1) is 28.6 Å². The summed E-state index contributed by atoms with van der Waals surface area (Å²) in [7, 11) is 0. The van der Waals surface area contributed by atoms with E-state index >= 15 is 0 Å². The van der Waals surface area contributed by atoms with E-state index in [9.17, 15) is 19.2 Å². The smallest absolute Gasteiger partial charge is 0.262 e. The van der Waals surface area contributed by atoms with Crippen LogP contribution in [-0.4, -0.2) is 50.6 Å². The third-order valence-corrected chi connectivity index (χ3v) is 5.31. The number of nitrogens with one attached hydrogen (secondary N) is 1. The monoisotopic (exact) mass is 438 g/mol. The Morgan fingerprint density at radius 3 is 2.42 bits per heavy atom. The van der Waals surface area contributed by atoms with Crippen LogP contribution >= 0.6 is 11.6 Å². The van der Waals surface area contributed by atoms with E-state index < -0.39 is 17.7 Å². The van der Waals surface area contributed by atoms with Crippen LogP contribution in [0, 0.1) is 0 Å². The van der Waals surface area contributed by atoms with E-state index in [0.29, 0.717) is 45.8 Å². The number of imide groups is 1. The zero-order chi connectivity index (χ0) is 22.1. The third-order valence-electron chi connectivity index (χ3n) is 5.08. The van der Waals surface area contributed by atoms with Gasteiger partial charge in [0.1, 0.15) is 12.4 Å². The lowest BCUT2D eigenvalue weighted by Crippen LogP contribution is -2.43. The molecule has 1 aromatic heterocycles. The van der Waals surface area contributed by atoms with E-state index in [0.717, 1.165) is 4.90 Å². The summed E-state index contributed by atoms with van der Waals surface area (Å²) in [5.74, 6) is -1.09. The molecule has 1 N–H and O–H groups in total. The molecule has 0 radical (unpaired) electrons. The van der Waals surface area contributed by atoms with Crippen molar-refractivity contribution in [2.24, 2.45) is 0 Å². The first-order chi connectivity index (χ1) is 14.9. The van der Waals surface area contributed by atoms with Crippen LogP contribution in [0.2, 0.25) is 5.02 Å². The molecule has 31 heavy (non-hydrogen) atoms. The van der Waals surface area contributed by atoms with Gasteiger partial charge in [-0.25, -0.2) is 4.98 Å². The summed E-state index contributed by atoms with van der Waals surface area (Å²) in [6.45, 7) is 1.93. The van der Waals surface area contributed by atoms with Crippen molar-refractivity contribution in [3.63, 3.8) is 0 Å². The Morgan fingerprint density at radius 1 is 1.10 bits per heavy atom. The molecule has 0 aliphatic carbocycles. The second kappa shape index (κ2) is 8.31. The Hall–Kier alpha value is -3.52. The van der Waals surface area contributed by atoms with Crippen molar-refractivity contribution in [3.8, 4) is 0 Å². The van der Waals surface area contributed by atoms with Crippen molar-refractivity contribution in [1.29, 1.82) is 0 Å². The lowest BCUT2D eigenvalue weighted by molar-refractivity contribution is -0.132. The fraction of sp³-hybridized carbons (Fsp3) is 0.227. The molecule has 4 rings (SSSR count). The minimum atomic E-state index is -0.489. The number of aromatic nitrogens is 2. The lowest BCUT2D eigenvalue weighted by atomic mass is 10.1. The molecule has 0 saturated heterocycles. The Morgan fingerprint density at radius 2 is 1.77 bits per heavy atom. The number of hydrogen-bond acceptors (Lipinski definition) is 5. The van der Waals surface area contributed by atoms with Gasteiger partial charge < -0.3 is 9.88 Å². The van der Waals surface area contributed by atoms with Gasteiger partial charge in [0.2, 0.25) is 5.91 Å². The number of amides is 3. The summed E-state index contributed by atoms with van der Waals surface area (Å²) in [5, 5.41) is 0.844. The maximum absolute atomic E-state index is 13.0. The molecule has 0 fully saturated rings. The molecule has 1 aliphatic heterocycles. The van der Waals surface area contributed by atoms with Crippen molar-refractivity contribution < 1.29 is 14.4 Å². The second-order valence-corrected chi connectivity index (χ2v) is 7.67. The summed E-state index contributed by atoms with van der Waals surface area (Å²) < 4.78 is 0. The number of aromatic amines is 1. The van der Waals surface area contributed by atoms with Gasteiger partial charge in [-0.3, -0.25) is 24.1 Å². The molecule has 0 atom stereocenters. The highest BCUT2D eigenvalue weighted by molar-refractivity contribution is 6.31. The van der Waals surface area contributed by atoms with Crippen molar-refractivity contribution in [1.82, 2.24) is 19.8 Å². The van der Waals surface area contributed by atoms with Crippen molar-refractivity contribution in [3.05, 3.63) is 74.8 Å². The topological polar surface area (TPSA) is 103 Å². The first-order valence-corrected chi connectivity index (χ1v) is 10.2. The van der Waals surface area contributed by atoms with Crippen LogP contribution in [-0.2, 0) is 11.3 Å². The number of carbonyl (C=O) groups is 3. The van der Waals surface area contributed by atoms with E-state index in [4.69, 9.17) is 11.6 Å². The van der Waals surface area contributed by atoms with E-state index in [-0.39, 0.29) is 18.6 Å². The van der Waals surface area contributed by atoms with Crippen LogP contribution in [0.15, 0.2) is 47.3 Å². The molecule has 0 unspecified atom stereocenters. The molecule has 2 aromatic carbocycles. The molecule has 158 valence electrons. The van der Waals surface area contributed by atoms with Gasteiger partial charge >= 0.3 is 0 Å². The first kappa shape index (κ1) is 20.7. The molecule has 0 saturated carbocycles. The zero-order valence-corrected chi connectivity index (χ0v) is 17.5. The highest BCUT2D eigenvalue weighted by Crippen LogP contribution is 2.22. The summed E-state index contributed by atoms with van der Waals surface area (Å²) >= 11 is 6.00.